The van der Waals surface area contributed by atoms with Crippen LogP contribution in [0, 0.1) is 0 Å². The van der Waals surface area contributed by atoms with Gasteiger partial charge in [0.2, 0.25) is 0 Å². The van der Waals surface area contributed by atoms with Gasteiger partial charge in [-0.25, -0.2) is 0 Å². The van der Waals surface area contributed by atoms with Crippen LogP contribution in [0.3, 0.4) is 0 Å². The molecule has 2 saturated heterocycles. The Morgan fingerprint density at radius 1 is 0.941 bits per heavy atom. The quantitative estimate of drug-likeness (QED) is 0.564. The number of likely N-dealkylation sites (tertiary alicyclic amines) is 1. The van der Waals surface area contributed by atoms with E-state index in [0.29, 0.717) is 0 Å². The fraction of sp³-hybridized carbons (Fsp3) is 0.917. The summed E-state index contributed by atoms with van der Waals surface area (Å²) in [5.74, 6) is 0. The van der Waals surface area contributed by atoms with Gasteiger partial charge in [0.1, 0.15) is 0 Å². The number of hydrogen-bond acceptors (Lipinski definition) is 5. The molecular weight excluding hydrogens is 216 g/mol. The van der Waals surface area contributed by atoms with Gasteiger partial charge >= 0.3 is 0 Å². The first-order valence-electron chi connectivity index (χ1n) is 6.61. The lowest BCUT2D eigenvalue weighted by Gasteiger charge is -2.34. The Morgan fingerprint density at radius 3 is 2.00 bits per heavy atom. The van der Waals surface area contributed by atoms with Gasteiger partial charge < -0.3 is 15.0 Å². The monoisotopic (exact) mass is 240 g/mol. The van der Waals surface area contributed by atoms with Gasteiger partial charge in [-0.3, -0.25) is 4.90 Å². The number of oxime groups is 1. The third kappa shape index (κ3) is 3.94. The Hall–Kier alpha value is -0.650. The topological polar surface area (TPSA) is 42.3 Å². The molecule has 0 amide bonds. The average molecular weight is 240 g/mol. The van der Waals surface area contributed by atoms with Gasteiger partial charge in [-0.05, 0) is 7.05 Å². The van der Waals surface area contributed by atoms with Crippen LogP contribution in [0.15, 0.2) is 5.16 Å². The maximum Gasteiger partial charge on any atom is 0.0596 e. The van der Waals surface area contributed by atoms with Gasteiger partial charge in [-0.1, -0.05) is 5.16 Å². The highest BCUT2D eigenvalue weighted by Gasteiger charge is 2.17. The number of nitrogens with zero attached hydrogens (tertiary/aromatic N) is 4. The third-order valence-corrected chi connectivity index (χ3v) is 3.90. The van der Waals surface area contributed by atoms with E-state index in [1.165, 1.54) is 32.7 Å². The van der Waals surface area contributed by atoms with Crippen molar-refractivity contribution in [1.82, 2.24) is 14.7 Å². The average Bonchev–Trinajstić information content (AvgIpc) is 2.39. The summed E-state index contributed by atoms with van der Waals surface area (Å²) >= 11 is 0. The molecule has 2 fully saturated rings. The first kappa shape index (κ1) is 12.8. The lowest BCUT2D eigenvalue weighted by Crippen LogP contribution is -2.47. The second-order valence-electron chi connectivity index (χ2n) is 5.15. The maximum atomic E-state index is 8.69. The molecular formula is C12H24N4O. The molecule has 98 valence electrons. The Kier molecular flexibility index (Phi) is 4.76. The molecule has 0 saturated carbocycles. The lowest BCUT2D eigenvalue weighted by molar-refractivity contribution is 0.134. The van der Waals surface area contributed by atoms with Gasteiger partial charge in [-0.2, -0.15) is 0 Å². The zero-order valence-electron chi connectivity index (χ0n) is 10.8. The molecule has 5 nitrogen and oxygen atoms in total. The number of rotatable bonds is 3. The first-order valence-corrected chi connectivity index (χ1v) is 6.61. The van der Waals surface area contributed by atoms with Crippen LogP contribution in [0.5, 0.6) is 0 Å². The molecule has 0 aromatic rings. The van der Waals surface area contributed by atoms with Crippen molar-refractivity contribution in [2.75, 3.05) is 59.4 Å². The summed E-state index contributed by atoms with van der Waals surface area (Å²) < 4.78 is 0. The molecule has 0 spiro atoms. The molecule has 1 N–H and O–H groups in total. The van der Waals surface area contributed by atoms with E-state index in [-0.39, 0.29) is 0 Å². The highest BCUT2D eigenvalue weighted by Crippen LogP contribution is 2.07. The Bertz CT molecular complexity index is 251. The maximum absolute atomic E-state index is 8.69. The van der Waals surface area contributed by atoms with Crippen molar-refractivity contribution < 1.29 is 5.21 Å². The van der Waals surface area contributed by atoms with Crippen LogP contribution in [-0.4, -0.2) is 85.0 Å². The minimum atomic E-state index is 0.930. The Labute approximate surface area is 104 Å². The summed E-state index contributed by atoms with van der Waals surface area (Å²) in [6.07, 6.45) is 1.86. The second kappa shape index (κ2) is 6.33. The molecule has 0 bridgehead atoms. The molecule has 0 aromatic carbocycles. The van der Waals surface area contributed by atoms with Gasteiger partial charge in [0.05, 0.1) is 5.71 Å². The van der Waals surface area contributed by atoms with Gasteiger partial charge in [0, 0.05) is 65.2 Å². The zero-order valence-corrected chi connectivity index (χ0v) is 10.8. The van der Waals surface area contributed by atoms with Crippen molar-refractivity contribution in [1.29, 1.82) is 0 Å². The molecule has 2 aliphatic rings. The summed E-state index contributed by atoms with van der Waals surface area (Å²) in [5, 5.41) is 12.0. The molecule has 0 aliphatic carbocycles. The van der Waals surface area contributed by atoms with Crippen molar-refractivity contribution in [3.8, 4) is 0 Å². The Balaban J connectivity index is 1.62. The molecule has 0 aromatic heterocycles. The van der Waals surface area contributed by atoms with Crippen LogP contribution >= 0.6 is 0 Å². The van der Waals surface area contributed by atoms with Gasteiger partial charge in [0.25, 0.3) is 0 Å². The molecule has 0 unspecified atom stereocenters. The number of piperazine rings is 1. The van der Waals surface area contributed by atoms with E-state index < -0.39 is 0 Å². The van der Waals surface area contributed by atoms with E-state index in [1.807, 2.05) is 0 Å². The van der Waals surface area contributed by atoms with E-state index in [4.69, 9.17) is 5.21 Å². The largest absolute Gasteiger partial charge is 0.411 e. The van der Waals surface area contributed by atoms with E-state index in [9.17, 15) is 0 Å². The lowest BCUT2D eigenvalue weighted by atomic mass is 10.1. The normalized spacial score (nSPS) is 25.1. The third-order valence-electron chi connectivity index (χ3n) is 3.90. The second-order valence-corrected chi connectivity index (χ2v) is 5.15. The van der Waals surface area contributed by atoms with Crippen LogP contribution in [-0.2, 0) is 0 Å². The predicted molar refractivity (Wildman–Crippen MR) is 68.8 cm³/mol. The van der Waals surface area contributed by atoms with Crippen molar-refractivity contribution in [2.24, 2.45) is 5.16 Å². The molecule has 17 heavy (non-hydrogen) atoms. The number of likely N-dealkylation sites (N-methyl/N-ethyl adjacent to an activating group) is 1. The number of hydrogen-bond donors (Lipinski definition) is 1. The highest BCUT2D eigenvalue weighted by atomic mass is 16.4. The molecule has 5 heteroatoms. The highest BCUT2D eigenvalue weighted by molar-refractivity contribution is 5.84. The van der Waals surface area contributed by atoms with Crippen LogP contribution in [0.25, 0.3) is 0 Å². The standard InChI is InChI=1S/C12H24N4O/c1-14-6-8-16(9-7-14)11-10-15-4-2-12(13-17)3-5-15/h17H,2-11H2,1H3. The summed E-state index contributed by atoms with van der Waals surface area (Å²) in [4.78, 5) is 7.42. The number of piperidine rings is 1. The van der Waals surface area contributed by atoms with Crippen molar-refractivity contribution in [3.63, 3.8) is 0 Å². The Morgan fingerprint density at radius 2 is 1.47 bits per heavy atom. The molecule has 2 heterocycles. The minimum Gasteiger partial charge on any atom is -0.411 e. The molecule has 2 aliphatic heterocycles. The molecule has 0 radical (unpaired) electrons. The van der Waals surface area contributed by atoms with E-state index in [2.05, 4.69) is 26.9 Å². The molecule has 2 rings (SSSR count). The fourth-order valence-corrected chi connectivity index (χ4v) is 2.49. The van der Waals surface area contributed by atoms with Crippen LogP contribution in [0.2, 0.25) is 0 Å². The smallest absolute Gasteiger partial charge is 0.0596 e. The van der Waals surface area contributed by atoms with Crippen LogP contribution in [0.1, 0.15) is 12.8 Å². The van der Waals surface area contributed by atoms with Gasteiger partial charge in [-0.15, -0.1) is 0 Å². The van der Waals surface area contributed by atoms with E-state index in [0.717, 1.165) is 38.2 Å². The van der Waals surface area contributed by atoms with E-state index >= 15 is 0 Å². The van der Waals surface area contributed by atoms with Crippen molar-refractivity contribution in [2.45, 2.75) is 12.8 Å². The van der Waals surface area contributed by atoms with Crippen LogP contribution in [0.4, 0.5) is 0 Å². The molecule has 0 atom stereocenters. The van der Waals surface area contributed by atoms with E-state index in [1.54, 1.807) is 0 Å². The predicted octanol–water partition coefficient (Wildman–Crippen LogP) is 0.160. The summed E-state index contributed by atoms with van der Waals surface area (Å²) in [6.45, 7) is 9.23. The summed E-state index contributed by atoms with van der Waals surface area (Å²) in [5.41, 5.74) is 0.959. The summed E-state index contributed by atoms with van der Waals surface area (Å²) in [7, 11) is 2.19. The SMILES string of the molecule is CN1CCN(CCN2CCC(=NO)CC2)CC1. The fourth-order valence-electron chi connectivity index (χ4n) is 2.49. The van der Waals surface area contributed by atoms with Crippen LogP contribution < -0.4 is 0 Å². The van der Waals surface area contributed by atoms with Gasteiger partial charge in [0.15, 0.2) is 0 Å². The minimum absolute atomic E-state index is 0.930. The van der Waals surface area contributed by atoms with Crippen molar-refractivity contribution >= 4 is 5.71 Å². The van der Waals surface area contributed by atoms with Crippen molar-refractivity contribution in [3.05, 3.63) is 0 Å². The summed E-state index contributed by atoms with van der Waals surface area (Å²) in [6, 6.07) is 0. The zero-order chi connectivity index (χ0) is 12.1. The first-order chi connectivity index (χ1) is 8.28.